The van der Waals surface area contributed by atoms with Crippen LogP contribution in [0.1, 0.15) is 30.1 Å². The molecule has 3 fully saturated rings. The van der Waals surface area contributed by atoms with E-state index in [-0.39, 0.29) is 11.4 Å². The maximum absolute atomic E-state index is 12.9. The smallest absolute Gasteiger partial charge is 0.317 e. The lowest BCUT2D eigenvalue weighted by Crippen LogP contribution is -2.46. The van der Waals surface area contributed by atoms with E-state index >= 15 is 0 Å². The first-order valence-corrected chi connectivity index (χ1v) is 11.3. The third-order valence-corrected chi connectivity index (χ3v) is 7.12. The van der Waals surface area contributed by atoms with E-state index in [0.717, 1.165) is 52.1 Å². The number of carbonyl (C=O) groups excluding carboxylic acids is 1. The summed E-state index contributed by atoms with van der Waals surface area (Å²) < 4.78 is 11.2. The minimum absolute atomic E-state index is 0.00133. The molecule has 166 valence electrons. The molecule has 2 aromatic rings. The van der Waals surface area contributed by atoms with Crippen LogP contribution in [0.15, 0.2) is 34.9 Å². The Hall–Kier alpha value is -2.45. The van der Waals surface area contributed by atoms with Gasteiger partial charge in [0.15, 0.2) is 5.82 Å². The van der Waals surface area contributed by atoms with Gasteiger partial charge >= 0.3 is 6.03 Å². The van der Waals surface area contributed by atoms with Crippen LogP contribution < -0.4 is 5.32 Å². The van der Waals surface area contributed by atoms with Gasteiger partial charge in [-0.25, -0.2) is 4.79 Å². The van der Waals surface area contributed by atoms with Crippen LogP contribution in [0.4, 0.5) is 4.79 Å². The number of urea groups is 1. The predicted octanol–water partition coefficient (Wildman–Crippen LogP) is 1.99. The summed E-state index contributed by atoms with van der Waals surface area (Å²) in [7, 11) is 0. The van der Waals surface area contributed by atoms with Crippen LogP contribution >= 0.6 is 0 Å². The van der Waals surface area contributed by atoms with Crippen LogP contribution in [-0.4, -0.2) is 78.0 Å². The second kappa shape index (κ2) is 8.59. The molecule has 8 heteroatoms. The van der Waals surface area contributed by atoms with Gasteiger partial charge in [0.1, 0.15) is 0 Å². The number of aryl methyl sites for hydroxylation is 1. The van der Waals surface area contributed by atoms with Crippen molar-refractivity contribution in [3.8, 4) is 0 Å². The fraction of sp³-hybridized carbons (Fsp3) is 0.609. The Kier molecular flexibility index (Phi) is 5.67. The van der Waals surface area contributed by atoms with Crippen molar-refractivity contribution in [2.75, 3.05) is 45.9 Å². The van der Waals surface area contributed by atoms with E-state index in [4.69, 9.17) is 9.26 Å². The number of amides is 2. The Labute approximate surface area is 182 Å². The summed E-state index contributed by atoms with van der Waals surface area (Å²) in [4.78, 5) is 22.1. The number of likely N-dealkylation sites (tertiary alicyclic amines) is 2. The van der Waals surface area contributed by atoms with Gasteiger partial charge in [0.05, 0.1) is 5.41 Å². The van der Waals surface area contributed by atoms with Crippen LogP contribution in [0.25, 0.3) is 0 Å². The summed E-state index contributed by atoms with van der Waals surface area (Å²) in [5.41, 5.74) is 0.946. The average molecular weight is 426 g/mol. The Morgan fingerprint density at radius 3 is 2.74 bits per heavy atom. The molecule has 4 heterocycles. The molecule has 3 saturated heterocycles. The SMILES string of the molecule is Cc1noc([C@]23CN(C(=O)NCCc4ccccc4)C[C@H]2CN(C2CCOCC2)C3)n1. The number of benzene rings is 1. The van der Waals surface area contributed by atoms with E-state index in [2.05, 4.69) is 32.5 Å². The van der Waals surface area contributed by atoms with Crippen molar-refractivity contribution in [2.24, 2.45) is 5.92 Å². The van der Waals surface area contributed by atoms with E-state index in [0.29, 0.717) is 36.8 Å². The van der Waals surface area contributed by atoms with Gasteiger partial charge in [-0.15, -0.1) is 0 Å². The van der Waals surface area contributed by atoms with Crippen molar-refractivity contribution >= 4 is 6.03 Å². The average Bonchev–Trinajstić information content (AvgIpc) is 3.48. The van der Waals surface area contributed by atoms with Gasteiger partial charge in [-0.1, -0.05) is 35.5 Å². The molecule has 5 rings (SSSR count). The number of aromatic nitrogens is 2. The molecule has 0 spiro atoms. The fourth-order valence-corrected chi connectivity index (χ4v) is 5.46. The first kappa shape index (κ1) is 20.5. The van der Waals surface area contributed by atoms with E-state index in [9.17, 15) is 4.79 Å². The molecule has 8 nitrogen and oxygen atoms in total. The van der Waals surface area contributed by atoms with Gasteiger partial charge in [-0.05, 0) is 31.7 Å². The Morgan fingerprint density at radius 2 is 2.00 bits per heavy atom. The van der Waals surface area contributed by atoms with Gasteiger partial charge in [0, 0.05) is 57.9 Å². The zero-order chi connectivity index (χ0) is 21.3. The zero-order valence-electron chi connectivity index (χ0n) is 18.1. The van der Waals surface area contributed by atoms with Crippen LogP contribution in [-0.2, 0) is 16.6 Å². The Balaban J connectivity index is 1.26. The van der Waals surface area contributed by atoms with E-state index in [1.807, 2.05) is 30.0 Å². The predicted molar refractivity (Wildman–Crippen MR) is 115 cm³/mol. The molecular weight excluding hydrogens is 394 g/mol. The zero-order valence-corrected chi connectivity index (χ0v) is 18.1. The highest BCUT2D eigenvalue weighted by Gasteiger charge is 2.58. The number of carbonyl (C=O) groups is 1. The van der Waals surface area contributed by atoms with Crippen LogP contribution in [0.2, 0.25) is 0 Å². The lowest BCUT2D eigenvalue weighted by atomic mass is 9.81. The van der Waals surface area contributed by atoms with E-state index in [1.165, 1.54) is 5.56 Å². The summed E-state index contributed by atoms with van der Waals surface area (Å²) in [6, 6.07) is 10.8. The van der Waals surface area contributed by atoms with E-state index < -0.39 is 0 Å². The van der Waals surface area contributed by atoms with Gasteiger partial charge in [0.25, 0.3) is 0 Å². The van der Waals surface area contributed by atoms with Crippen molar-refractivity contribution in [3.05, 3.63) is 47.6 Å². The maximum atomic E-state index is 12.9. The lowest BCUT2D eigenvalue weighted by molar-refractivity contribution is 0.0377. The summed E-state index contributed by atoms with van der Waals surface area (Å²) in [6.45, 7) is 7.30. The third-order valence-electron chi connectivity index (χ3n) is 7.12. The quantitative estimate of drug-likeness (QED) is 0.789. The molecular formula is C23H31N5O3. The Bertz CT molecular complexity index is 898. The first-order valence-electron chi connectivity index (χ1n) is 11.3. The molecule has 1 aromatic carbocycles. The monoisotopic (exact) mass is 425 g/mol. The maximum Gasteiger partial charge on any atom is 0.317 e. The number of nitrogens with one attached hydrogen (secondary N) is 1. The highest BCUT2D eigenvalue weighted by molar-refractivity contribution is 5.75. The molecule has 0 bridgehead atoms. The number of ether oxygens (including phenoxy) is 1. The summed E-state index contributed by atoms with van der Waals surface area (Å²) in [6.07, 6.45) is 2.96. The number of hydrogen-bond acceptors (Lipinski definition) is 6. The van der Waals surface area contributed by atoms with Crippen LogP contribution in [0.3, 0.4) is 0 Å². The fourth-order valence-electron chi connectivity index (χ4n) is 5.46. The van der Waals surface area contributed by atoms with Crippen molar-refractivity contribution in [1.29, 1.82) is 0 Å². The molecule has 0 radical (unpaired) electrons. The largest absolute Gasteiger partial charge is 0.381 e. The van der Waals surface area contributed by atoms with Crippen LogP contribution in [0.5, 0.6) is 0 Å². The van der Waals surface area contributed by atoms with Crippen LogP contribution in [0, 0.1) is 12.8 Å². The molecule has 3 aliphatic rings. The second-order valence-corrected chi connectivity index (χ2v) is 9.12. The molecule has 1 N–H and O–H groups in total. The minimum Gasteiger partial charge on any atom is -0.381 e. The molecule has 31 heavy (non-hydrogen) atoms. The molecule has 0 saturated carbocycles. The topological polar surface area (TPSA) is 83.7 Å². The summed E-state index contributed by atoms with van der Waals surface area (Å²) in [5.74, 6) is 1.64. The van der Waals surface area contributed by atoms with Gasteiger partial charge < -0.3 is 19.5 Å². The lowest BCUT2D eigenvalue weighted by Gasteiger charge is -2.33. The molecule has 0 aliphatic carbocycles. The molecule has 2 atom stereocenters. The normalized spacial score (nSPS) is 26.9. The van der Waals surface area contributed by atoms with Gasteiger partial charge in [0.2, 0.25) is 5.89 Å². The standard InChI is InChI=1S/C23H31N5O3/c1-17-25-21(31-26-17)23-15-27(20-8-11-30-12-9-20)13-19(23)14-28(16-23)22(29)24-10-7-18-5-3-2-4-6-18/h2-6,19-20H,7-16H2,1H3,(H,24,29)/t19-,23-/m1/s1. The molecule has 0 unspecified atom stereocenters. The molecule has 3 aliphatic heterocycles. The molecule has 2 amide bonds. The third kappa shape index (κ3) is 4.06. The van der Waals surface area contributed by atoms with Gasteiger partial charge in [-0.3, -0.25) is 4.90 Å². The second-order valence-electron chi connectivity index (χ2n) is 9.12. The van der Waals surface area contributed by atoms with Crippen molar-refractivity contribution < 1.29 is 14.1 Å². The Morgan fingerprint density at radius 1 is 1.19 bits per heavy atom. The van der Waals surface area contributed by atoms with Crippen molar-refractivity contribution in [2.45, 2.75) is 37.6 Å². The highest BCUT2D eigenvalue weighted by Crippen LogP contribution is 2.45. The summed E-state index contributed by atoms with van der Waals surface area (Å²) >= 11 is 0. The number of nitrogens with zero attached hydrogens (tertiary/aromatic N) is 4. The number of hydrogen-bond donors (Lipinski definition) is 1. The van der Waals surface area contributed by atoms with Crippen molar-refractivity contribution in [3.63, 3.8) is 0 Å². The molecule has 1 aromatic heterocycles. The number of rotatable bonds is 5. The highest BCUT2D eigenvalue weighted by atomic mass is 16.5. The summed E-state index contributed by atoms with van der Waals surface area (Å²) in [5, 5.41) is 7.16. The minimum atomic E-state index is -0.281. The van der Waals surface area contributed by atoms with Gasteiger partial charge in [-0.2, -0.15) is 4.98 Å². The first-order chi connectivity index (χ1) is 15.1. The van der Waals surface area contributed by atoms with Crippen molar-refractivity contribution in [1.82, 2.24) is 25.3 Å². The van der Waals surface area contributed by atoms with E-state index in [1.54, 1.807) is 0 Å². The number of fused-ring (bicyclic) bond motifs is 1.